The van der Waals surface area contributed by atoms with Gasteiger partial charge in [0.1, 0.15) is 5.76 Å². The van der Waals surface area contributed by atoms with Crippen LogP contribution in [-0.4, -0.2) is 11.8 Å². The van der Waals surface area contributed by atoms with Gasteiger partial charge in [0.15, 0.2) is 11.5 Å². The molecule has 0 unspecified atom stereocenters. The number of amides is 2. The standard InChI is InChI=1S/C16H10Cl2N2O4/c17-9-3-4-11(18)10(8-9)12-5-6-14(24-12)16(22)20-19-15(21)13-2-1-7-23-13/h1-8H,(H,19,21)(H,20,22). The van der Waals surface area contributed by atoms with Crippen LogP contribution in [-0.2, 0) is 0 Å². The second-order valence-electron chi connectivity index (χ2n) is 4.67. The predicted molar refractivity (Wildman–Crippen MR) is 87.8 cm³/mol. The summed E-state index contributed by atoms with van der Waals surface area (Å²) in [6.45, 7) is 0. The quantitative estimate of drug-likeness (QED) is 0.689. The number of hydrogen-bond donors (Lipinski definition) is 2. The largest absolute Gasteiger partial charge is 0.459 e. The van der Waals surface area contributed by atoms with Crippen molar-refractivity contribution in [1.29, 1.82) is 0 Å². The van der Waals surface area contributed by atoms with Crippen molar-refractivity contribution in [3.63, 3.8) is 0 Å². The van der Waals surface area contributed by atoms with Crippen LogP contribution in [0.3, 0.4) is 0 Å². The van der Waals surface area contributed by atoms with Crippen molar-refractivity contribution in [3.05, 3.63) is 70.3 Å². The Bertz CT molecular complexity index is 887. The van der Waals surface area contributed by atoms with E-state index in [1.54, 1.807) is 30.3 Å². The highest BCUT2D eigenvalue weighted by Gasteiger charge is 2.16. The summed E-state index contributed by atoms with van der Waals surface area (Å²) in [6, 6.07) is 11.0. The molecular weight excluding hydrogens is 355 g/mol. The van der Waals surface area contributed by atoms with Gasteiger partial charge in [-0.1, -0.05) is 23.2 Å². The molecule has 2 amide bonds. The number of rotatable bonds is 3. The monoisotopic (exact) mass is 364 g/mol. The van der Waals surface area contributed by atoms with Crippen molar-refractivity contribution in [2.45, 2.75) is 0 Å². The molecule has 24 heavy (non-hydrogen) atoms. The molecule has 0 fully saturated rings. The lowest BCUT2D eigenvalue weighted by Gasteiger charge is -2.04. The van der Waals surface area contributed by atoms with E-state index in [1.807, 2.05) is 0 Å². The molecule has 0 aliphatic rings. The van der Waals surface area contributed by atoms with Gasteiger partial charge in [0, 0.05) is 10.6 Å². The summed E-state index contributed by atoms with van der Waals surface area (Å²) >= 11 is 12.0. The van der Waals surface area contributed by atoms with Gasteiger partial charge in [0.05, 0.1) is 11.3 Å². The van der Waals surface area contributed by atoms with Crippen LogP contribution < -0.4 is 10.9 Å². The first kappa shape index (κ1) is 16.2. The van der Waals surface area contributed by atoms with Crippen LogP contribution in [0.5, 0.6) is 0 Å². The third-order valence-electron chi connectivity index (χ3n) is 3.06. The highest BCUT2D eigenvalue weighted by molar-refractivity contribution is 6.35. The highest BCUT2D eigenvalue weighted by Crippen LogP contribution is 2.31. The zero-order chi connectivity index (χ0) is 17.1. The summed E-state index contributed by atoms with van der Waals surface area (Å²) in [4.78, 5) is 23.7. The first-order valence-corrected chi connectivity index (χ1v) is 7.49. The third kappa shape index (κ3) is 3.45. The summed E-state index contributed by atoms with van der Waals surface area (Å²) in [5.74, 6) is -0.760. The van der Waals surface area contributed by atoms with Gasteiger partial charge < -0.3 is 8.83 Å². The molecule has 122 valence electrons. The van der Waals surface area contributed by atoms with Crippen molar-refractivity contribution in [1.82, 2.24) is 10.9 Å². The number of hydrogen-bond acceptors (Lipinski definition) is 4. The zero-order valence-electron chi connectivity index (χ0n) is 12.0. The van der Waals surface area contributed by atoms with Gasteiger partial charge in [-0.3, -0.25) is 20.4 Å². The minimum Gasteiger partial charge on any atom is -0.459 e. The van der Waals surface area contributed by atoms with E-state index in [-0.39, 0.29) is 11.5 Å². The maximum absolute atomic E-state index is 12.0. The van der Waals surface area contributed by atoms with Crippen molar-refractivity contribution in [2.24, 2.45) is 0 Å². The van der Waals surface area contributed by atoms with Gasteiger partial charge in [-0.2, -0.15) is 0 Å². The van der Waals surface area contributed by atoms with E-state index >= 15 is 0 Å². The van der Waals surface area contributed by atoms with Crippen LogP contribution in [0.15, 0.2) is 57.6 Å². The van der Waals surface area contributed by atoms with Crippen molar-refractivity contribution >= 4 is 35.0 Å². The van der Waals surface area contributed by atoms with Crippen molar-refractivity contribution in [2.75, 3.05) is 0 Å². The minimum atomic E-state index is -0.626. The first-order chi connectivity index (χ1) is 11.5. The Labute approximate surface area is 146 Å². The molecule has 0 radical (unpaired) electrons. The molecule has 1 aromatic carbocycles. The van der Waals surface area contributed by atoms with E-state index in [4.69, 9.17) is 32.0 Å². The molecule has 0 aliphatic carbocycles. The normalized spacial score (nSPS) is 10.4. The second kappa shape index (κ2) is 6.82. The lowest BCUT2D eigenvalue weighted by atomic mass is 10.2. The van der Waals surface area contributed by atoms with Crippen LogP contribution in [0.4, 0.5) is 0 Å². The zero-order valence-corrected chi connectivity index (χ0v) is 13.5. The number of hydrazine groups is 1. The van der Waals surface area contributed by atoms with Crippen molar-refractivity contribution < 1.29 is 18.4 Å². The molecule has 6 nitrogen and oxygen atoms in total. The SMILES string of the molecule is O=C(NNC(=O)c1ccc(-c2cc(Cl)ccc2Cl)o1)c1ccco1. The van der Waals surface area contributed by atoms with Gasteiger partial charge in [-0.25, -0.2) is 0 Å². The van der Waals surface area contributed by atoms with Crippen molar-refractivity contribution in [3.8, 4) is 11.3 Å². The Hall–Kier alpha value is -2.70. The molecule has 3 aromatic rings. The van der Waals surface area contributed by atoms with Crippen LogP contribution in [0.25, 0.3) is 11.3 Å². The molecule has 2 aromatic heterocycles. The highest BCUT2D eigenvalue weighted by atomic mass is 35.5. The minimum absolute atomic E-state index is 0.000729. The molecule has 0 aliphatic heterocycles. The molecule has 0 atom stereocenters. The molecule has 2 N–H and O–H groups in total. The lowest BCUT2D eigenvalue weighted by molar-refractivity contribution is 0.0817. The average molecular weight is 365 g/mol. The van der Waals surface area contributed by atoms with Gasteiger partial charge in [-0.05, 0) is 42.5 Å². The Balaban J connectivity index is 1.70. The van der Waals surface area contributed by atoms with Crippen LogP contribution >= 0.6 is 23.2 Å². The first-order valence-electron chi connectivity index (χ1n) is 6.74. The van der Waals surface area contributed by atoms with E-state index in [1.165, 1.54) is 18.4 Å². The van der Waals surface area contributed by atoms with Crippen LogP contribution in [0.2, 0.25) is 10.0 Å². The number of carbonyl (C=O) groups excluding carboxylic acids is 2. The fourth-order valence-corrected chi connectivity index (χ4v) is 2.32. The fourth-order valence-electron chi connectivity index (χ4n) is 1.94. The summed E-state index contributed by atoms with van der Waals surface area (Å²) in [7, 11) is 0. The molecule has 0 bridgehead atoms. The fraction of sp³-hybridized carbons (Fsp3) is 0. The summed E-state index contributed by atoms with van der Waals surface area (Å²) < 4.78 is 10.4. The van der Waals surface area contributed by atoms with Crippen LogP contribution in [0, 0.1) is 0 Å². The van der Waals surface area contributed by atoms with Gasteiger partial charge in [0.2, 0.25) is 0 Å². The Morgan fingerprint density at radius 2 is 1.67 bits per heavy atom. The Morgan fingerprint density at radius 1 is 0.917 bits per heavy atom. The summed E-state index contributed by atoms with van der Waals surface area (Å²) in [5.41, 5.74) is 5.00. The molecule has 0 spiro atoms. The molecule has 8 heteroatoms. The van der Waals surface area contributed by atoms with Gasteiger partial charge in [0.25, 0.3) is 0 Å². The smallest absolute Gasteiger partial charge is 0.305 e. The maximum Gasteiger partial charge on any atom is 0.305 e. The Kier molecular flexibility index (Phi) is 4.59. The van der Waals surface area contributed by atoms with E-state index in [9.17, 15) is 9.59 Å². The van der Waals surface area contributed by atoms with E-state index < -0.39 is 11.8 Å². The number of carbonyl (C=O) groups is 2. The predicted octanol–water partition coefficient (Wildman–Crippen LogP) is 3.92. The second-order valence-corrected chi connectivity index (χ2v) is 5.52. The number of halogens is 2. The molecule has 2 heterocycles. The number of nitrogens with one attached hydrogen (secondary N) is 2. The number of furan rings is 2. The van der Waals surface area contributed by atoms with E-state index in [0.29, 0.717) is 21.4 Å². The van der Waals surface area contributed by atoms with E-state index in [0.717, 1.165) is 0 Å². The molecule has 0 saturated heterocycles. The van der Waals surface area contributed by atoms with Crippen LogP contribution in [0.1, 0.15) is 21.1 Å². The molecule has 0 saturated carbocycles. The lowest BCUT2D eigenvalue weighted by Crippen LogP contribution is -2.41. The average Bonchev–Trinajstić information content (AvgIpc) is 3.26. The Morgan fingerprint density at radius 3 is 2.38 bits per heavy atom. The number of benzene rings is 1. The summed E-state index contributed by atoms with van der Waals surface area (Å²) in [5, 5.41) is 0.925. The summed E-state index contributed by atoms with van der Waals surface area (Å²) in [6.07, 6.45) is 1.35. The third-order valence-corrected chi connectivity index (χ3v) is 3.62. The topological polar surface area (TPSA) is 84.5 Å². The van der Waals surface area contributed by atoms with E-state index in [2.05, 4.69) is 10.9 Å². The molecule has 3 rings (SSSR count). The van der Waals surface area contributed by atoms with Gasteiger partial charge in [-0.15, -0.1) is 0 Å². The maximum atomic E-state index is 12.0. The van der Waals surface area contributed by atoms with Gasteiger partial charge >= 0.3 is 11.8 Å². The molecular formula is C16H10Cl2N2O4.